The molecule has 4 atom stereocenters. The van der Waals surface area contributed by atoms with Crippen molar-refractivity contribution in [3.8, 4) is 0 Å². The quantitative estimate of drug-likeness (QED) is 0.810. The summed E-state index contributed by atoms with van der Waals surface area (Å²) in [5.41, 5.74) is 2.38. The molecule has 0 amide bonds. The highest BCUT2D eigenvalue weighted by atomic mass is 16.5. The normalized spacial score (nSPS) is 25.5. The number of ketones is 1. The fraction of sp³-hybridized carbons (Fsp3) is 0.381. The van der Waals surface area contributed by atoms with Crippen molar-refractivity contribution in [3.63, 3.8) is 0 Å². The van der Waals surface area contributed by atoms with E-state index in [1.807, 2.05) is 24.3 Å². The lowest BCUT2D eigenvalue weighted by atomic mass is 9.95. The summed E-state index contributed by atoms with van der Waals surface area (Å²) in [5.74, 6) is 0.0880. The van der Waals surface area contributed by atoms with Crippen molar-refractivity contribution >= 4 is 5.78 Å². The molecular formula is C21H25NO2. The number of ether oxygens (including phenoxy) is 1. The monoisotopic (exact) mass is 323 g/mol. The molecule has 1 saturated heterocycles. The van der Waals surface area contributed by atoms with E-state index in [1.165, 1.54) is 5.56 Å². The van der Waals surface area contributed by atoms with E-state index in [0.717, 1.165) is 12.0 Å². The van der Waals surface area contributed by atoms with Crippen LogP contribution < -0.4 is 0 Å². The van der Waals surface area contributed by atoms with Crippen LogP contribution in [0.4, 0.5) is 0 Å². The maximum atomic E-state index is 12.2. The largest absolute Gasteiger partial charge is 0.350 e. The number of hydrogen-bond donors (Lipinski definition) is 0. The van der Waals surface area contributed by atoms with Gasteiger partial charge < -0.3 is 4.74 Å². The van der Waals surface area contributed by atoms with Gasteiger partial charge in [0, 0.05) is 6.04 Å². The summed E-state index contributed by atoms with van der Waals surface area (Å²) in [7, 11) is 0. The van der Waals surface area contributed by atoms with Gasteiger partial charge in [0.05, 0.1) is 6.04 Å². The maximum Gasteiger partial charge on any atom is 0.160 e. The van der Waals surface area contributed by atoms with Crippen molar-refractivity contribution in [2.24, 2.45) is 0 Å². The molecule has 3 heteroatoms. The van der Waals surface area contributed by atoms with Gasteiger partial charge in [0.25, 0.3) is 0 Å². The van der Waals surface area contributed by atoms with E-state index in [-0.39, 0.29) is 24.1 Å². The number of hydrogen-bond acceptors (Lipinski definition) is 3. The Hall–Kier alpha value is -1.97. The Balaban J connectivity index is 2.03. The minimum absolute atomic E-state index is 0.0520. The molecule has 2 aromatic rings. The van der Waals surface area contributed by atoms with Gasteiger partial charge in [0.15, 0.2) is 5.78 Å². The molecule has 0 bridgehead atoms. The van der Waals surface area contributed by atoms with E-state index < -0.39 is 6.10 Å². The summed E-state index contributed by atoms with van der Waals surface area (Å²) in [6, 6.07) is 20.8. The lowest BCUT2D eigenvalue weighted by Crippen LogP contribution is -2.36. The van der Waals surface area contributed by atoms with Gasteiger partial charge in [-0.2, -0.15) is 0 Å². The van der Waals surface area contributed by atoms with Crippen molar-refractivity contribution in [1.82, 2.24) is 4.90 Å². The van der Waals surface area contributed by atoms with Crippen LogP contribution in [-0.2, 0) is 9.53 Å². The molecule has 1 aliphatic heterocycles. The van der Waals surface area contributed by atoms with Crippen LogP contribution >= 0.6 is 0 Å². The zero-order chi connectivity index (χ0) is 17.1. The van der Waals surface area contributed by atoms with Crippen molar-refractivity contribution in [2.45, 2.75) is 51.6 Å². The Morgan fingerprint density at radius 3 is 2.21 bits per heavy atom. The molecule has 2 aromatic carbocycles. The van der Waals surface area contributed by atoms with Gasteiger partial charge in [-0.1, -0.05) is 67.6 Å². The molecule has 1 aliphatic rings. The van der Waals surface area contributed by atoms with Gasteiger partial charge in [-0.15, -0.1) is 0 Å². The first-order valence-corrected chi connectivity index (χ1v) is 8.66. The lowest BCUT2D eigenvalue weighted by molar-refractivity contribution is -0.128. The van der Waals surface area contributed by atoms with Crippen molar-refractivity contribution in [1.29, 1.82) is 0 Å². The van der Waals surface area contributed by atoms with E-state index in [9.17, 15) is 4.79 Å². The summed E-state index contributed by atoms with van der Waals surface area (Å²) in [5, 5.41) is 0. The molecule has 126 valence electrons. The summed E-state index contributed by atoms with van der Waals surface area (Å²) in [4.78, 5) is 14.6. The third-order valence-corrected chi connectivity index (χ3v) is 4.86. The van der Waals surface area contributed by atoms with Crippen LogP contribution in [0.3, 0.4) is 0 Å². The third-order valence-electron chi connectivity index (χ3n) is 4.86. The van der Waals surface area contributed by atoms with Crippen LogP contribution in [0, 0.1) is 0 Å². The average molecular weight is 323 g/mol. The molecule has 0 aliphatic carbocycles. The average Bonchev–Trinajstić information content (AvgIpc) is 3.02. The third kappa shape index (κ3) is 3.14. The number of carbonyl (C=O) groups excluding carboxylic acids is 1. The topological polar surface area (TPSA) is 29.5 Å². The molecule has 0 aromatic heterocycles. The highest BCUT2D eigenvalue weighted by Crippen LogP contribution is 2.42. The number of benzene rings is 2. The second kappa shape index (κ2) is 7.29. The van der Waals surface area contributed by atoms with Crippen LogP contribution in [0.1, 0.15) is 50.4 Å². The van der Waals surface area contributed by atoms with E-state index in [1.54, 1.807) is 6.92 Å². The first-order chi connectivity index (χ1) is 11.6. The van der Waals surface area contributed by atoms with Crippen LogP contribution in [-0.4, -0.2) is 23.0 Å². The molecule has 3 nitrogen and oxygen atoms in total. The van der Waals surface area contributed by atoms with Gasteiger partial charge in [-0.05, 0) is 31.4 Å². The highest BCUT2D eigenvalue weighted by molar-refractivity contribution is 5.82. The molecule has 1 heterocycles. The molecule has 0 N–H and O–H groups in total. The zero-order valence-electron chi connectivity index (χ0n) is 14.6. The standard InChI is InChI=1S/C21H25NO2/c1-4-19-22(15(2)17-11-7-5-8-12-17)20(21(24-19)16(3)23)18-13-9-6-10-14-18/h5-15,19-21H,4H2,1-3H3/t15-,19+,20?,21-/m1/s1. The second-order valence-corrected chi connectivity index (χ2v) is 6.42. The van der Waals surface area contributed by atoms with Crippen LogP contribution in [0.15, 0.2) is 60.7 Å². The summed E-state index contributed by atoms with van der Waals surface area (Å²) in [6.45, 7) is 5.93. The molecule has 0 spiro atoms. The van der Waals surface area contributed by atoms with Gasteiger partial charge in [0.2, 0.25) is 0 Å². The van der Waals surface area contributed by atoms with Crippen molar-refractivity contribution in [2.75, 3.05) is 0 Å². The fourth-order valence-electron chi connectivity index (χ4n) is 3.67. The highest BCUT2D eigenvalue weighted by Gasteiger charge is 2.46. The molecule has 1 fully saturated rings. The number of Topliss-reactive ketones (excluding diaryl/α,β-unsaturated/α-hetero) is 1. The summed E-state index contributed by atoms with van der Waals surface area (Å²) < 4.78 is 6.17. The minimum Gasteiger partial charge on any atom is -0.350 e. The minimum atomic E-state index is -0.413. The Morgan fingerprint density at radius 1 is 1.08 bits per heavy atom. The fourth-order valence-corrected chi connectivity index (χ4v) is 3.67. The van der Waals surface area contributed by atoms with Gasteiger partial charge >= 0.3 is 0 Å². The Labute approximate surface area is 144 Å². The maximum absolute atomic E-state index is 12.2. The molecule has 0 saturated carbocycles. The van der Waals surface area contributed by atoms with Crippen molar-refractivity contribution in [3.05, 3.63) is 71.8 Å². The van der Waals surface area contributed by atoms with Gasteiger partial charge in [0.1, 0.15) is 12.3 Å². The van der Waals surface area contributed by atoms with Crippen LogP contribution in [0.5, 0.6) is 0 Å². The Morgan fingerprint density at radius 2 is 1.67 bits per heavy atom. The first kappa shape index (κ1) is 16.9. The number of rotatable bonds is 5. The molecule has 24 heavy (non-hydrogen) atoms. The second-order valence-electron chi connectivity index (χ2n) is 6.42. The zero-order valence-corrected chi connectivity index (χ0v) is 14.6. The predicted octanol–water partition coefficient (Wildman–Crippen LogP) is 4.51. The van der Waals surface area contributed by atoms with Crippen LogP contribution in [0.25, 0.3) is 0 Å². The van der Waals surface area contributed by atoms with E-state index >= 15 is 0 Å². The predicted molar refractivity (Wildman–Crippen MR) is 95.5 cm³/mol. The number of nitrogens with zero attached hydrogens (tertiary/aromatic N) is 1. The lowest BCUT2D eigenvalue weighted by Gasteiger charge is -2.34. The molecular weight excluding hydrogens is 298 g/mol. The van der Waals surface area contributed by atoms with Crippen molar-refractivity contribution < 1.29 is 9.53 Å². The van der Waals surface area contributed by atoms with E-state index in [0.29, 0.717) is 0 Å². The SMILES string of the molecule is CC[C@@H]1O[C@H](C(C)=O)C(c2ccccc2)N1[C@H](C)c1ccccc1. The van der Waals surface area contributed by atoms with Crippen LogP contribution in [0.2, 0.25) is 0 Å². The number of carbonyl (C=O) groups is 1. The Bertz CT molecular complexity index is 671. The smallest absolute Gasteiger partial charge is 0.160 e. The first-order valence-electron chi connectivity index (χ1n) is 8.66. The van der Waals surface area contributed by atoms with Gasteiger partial charge in [-0.25, -0.2) is 0 Å². The van der Waals surface area contributed by atoms with E-state index in [4.69, 9.17) is 4.74 Å². The molecule has 1 unspecified atom stereocenters. The molecule has 0 radical (unpaired) electrons. The molecule has 3 rings (SSSR count). The summed E-state index contributed by atoms with van der Waals surface area (Å²) >= 11 is 0. The van der Waals surface area contributed by atoms with E-state index in [2.05, 4.69) is 55.1 Å². The van der Waals surface area contributed by atoms with Gasteiger partial charge in [-0.3, -0.25) is 9.69 Å². The Kier molecular flexibility index (Phi) is 5.12. The summed E-state index contributed by atoms with van der Waals surface area (Å²) in [6.07, 6.45) is 0.382.